The van der Waals surface area contributed by atoms with E-state index in [1.54, 1.807) is 24.3 Å². The monoisotopic (exact) mass is 288 g/mol. The minimum atomic E-state index is -0.0497. The molecule has 1 aromatic carbocycles. The van der Waals surface area contributed by atoms with Crippen LogP contribution in [0.25, 0.3) is 0 Å². The van der Waals surface area contributed by atoms with Crippen molar-refractivity contribution in [3.05, 3.63) is 29.8 Å². The Kier molecular flexibility index (Phi) is 8.67. The predicted molar refractivity (Wildman–Crippen MR) is 82.6 cm³/mol. The fraction of sp³-hybridized carbons (Fsp3) is 0.462. The summed E-state index contributed by atoms with van der Waals surface area (Å²) in [7, 11) is 0. The van der Waals surface area contributed by atoms with Gasteiger partial charge in [0.25, 0.3) is 5.91 Å². The Morgan fingerprint density at radius 1 is 1.50 bits per heavy atom. The van der Waals surface area contributed by atoms with E-state index < -0.39 is 0 Å². The average Bonchev–Trinajstić information content (AvgIpc) is 2.29. The summed E-state index contributed by atoms with van der Waals surface area (Å²) in [6.07, 6.45) is 0.993. The van der Waals surface area contributed by atoms with Crippen LogP contribution in [-0.4, -0.2) is 23.5 Å². The van der Waals surface area contributed by atoms with Crippen molar-refractivity contribution in [3.8, 4) is 0 Å². The van der Waals surface area contributed by atoms with Crippen LogP contribution in [0.3, 0.4) is 0 Å². The van der Waals surface area contributed by atoms with Crippen LogP contribution < -0.4 is 11.1 Å². The summed E-state index contributed by atoms with van der Waals surface area (Å²) in [5.41, 5.74) is 6.88. The number of hydrogen-bond acceptors (Lipinski definition) is 3. The van der Waals surface area contributed by atoms with Gasteiger partial charge in [-0.25, -0.2) is 0 Å². The smallest absolute Gasteiger partial charge is 0.251 e. The highest BCUT2D eigenvalue weighted by Crippen LogP contribution is 2.08. The molecule has 3 nitrogen and oxygen atoms in total. The van der Waals surface area contributed by atoms with Gasteiger partial charge in [-0.05, 0) is 43.0 Å². The van der Waals surface area contributed by atoms with Crippen LogP contribution in [0.1, 0.15) is 30.6 Å². The number of rotatable bonds is 6. The largest absolute Gasteiger partial charge is 0.399 e. The van der Waals surface area contributed by atoms with Gasteiger partial charge in [-0.3, -0.25) is 4.79 Å². The van der Waals surface area contributed by atoms with Gasteiger partial charge in [0.2, 0.25) is 0 Å². The van der Waals surface area contributed by atoms with Gasteiger partial charge >= 0.3 is 0 Å². The third-order valence-corrected chi connectivity index (χ3v) is 3.36. The summed E-state index contributed by atoms with van der Waals surface area (Å²) in [4.78, 5) is 11.9. The number of hydrogen-bond donors (Lipinski definition) is 2. The zero-order chi connectivity index (χ0) is 12.7. The molecule has 0 aliphatic heterocycles. The molecule has 0 aliphatic carbocycles. The average molecular weight is 289 g/mol. The maximum absolute atomic E-state index is 11.9. The van der Waals surface area contributed by atoms with E-state index in [0.29, 0.717) is 11.3 Å². The predicted octanol–water partition coefficient (Wildman–Crippen LogP) is 2.95. The highest BCUT2D eigenvalue weighted by Gasteiger charge is 2.09. The molecule has 18 heavy (non-hydrogen) atoms. The maximum Gasteiger partial charge on any atom is 0.251 e. The number of amides is 1. The van der Waals surface area contributed by atoms with Gasteiger partial charge in [0.05, 0.1) is 0 Å². The van der Waals surface area contributed by atoms with Gasteiger partial charge in [-0.1, -0.05) is 13.0 Å². The normalized spacial score (nSPS) is 11.4. The molecule has 0 bridgehead atoms. The lowest BCUT2D eigenvalue weighted by atomic mass is 10.1. The first-order chi connectivity index (χ1) is 8.13. The van der Waals surface area contributed by atoms with Crippen molar-refractivity contribution in [2.24, 2.45) is 0 Å². The highest BCUT2D eigenvalue weighted by atomic mass is 35.5. The molecule has 0 heterocycles. The van der Waals surface area contributed by atoms with Crippen LogP contribution in [0.15, 0.2) is 24.3 Å². The zero-order valence-electron chi connectivity index (χ0n) is 10.8. The van der Waals surface area contributed by atoms with E-state index in [-0.39, 0.29) is 24.4 Å². The summed E-state index contributed by atoms with van der Waals surface area (Å²) in [5, 5.41) is 2.97. The Bertz CT molecular complexity index is 374. The number of carbonyl (C=O) groups is 1. The third-order valence-electron chi connectivity index (χ3n) is 2.43. The molecule has 1 rings (SSSR count). The first-order valence-electron chi connectivity index (χ1n) is 5.87. The number of anilines is 1. The second kappa shape index (κ2) is 9.11. The summed E-state index contributed by atoms with van der Waals surface area (Å²) < 4.78 is 0. The van der Waals surface area contributed by atoms with Crippen molar-refractivity contribution in [2.45, 2.75) is 26.3 Å². The van der Waals surface area contributed by atoms with Crippen molar-refractivity contribution < 1.29 is 4.79 Å². The number of carbonyl (C=O) groups excluding carboxylic acids is 1. The Hall–Kier alpha value is -0.870. The van der Waals surface area contributed by atoms with E-state index in [1.165, 1.54) is 0 Å². The van der Waals surface area contributed by atoms with Crippen LogP contribution in [0.2, 0.25) is 0 Å². The van der Waals surface area contributed by atoms with Crippen molar-refractivity contribution >= 4 is 35.8 Å². The Morgan fingerprint density at radius 2 is 2.22 bits per heavy atom. The van der Waals surface area contributed by atoms with Crippen molar-refractivity contribution in [1.29, 1.82) is 0 Å². The molecule has 1 unspecified atom stereocenters. The SMILES string of the molecule is CCSCCC(C)NC(=O)c1cccc(N)c1.Cl. The fourth-order valence-corrected chi connectivity index (χ4v) is 2.27. The molecule has 0 aromatic heterocycles. The molecule has 102 valence electrons. The molecule has 0 saturated carbocycles. The van der Waals surface area contributed by atoms with Gasteiger partial charge in [0.15, 0.2) is 0 Å². The lowest BCUT2D eigenvalue weighted by molar-refractivity contribution is 0.0939. The molecule has 0 saturated heterocycles. The lowest BCUT2D eigenvalue weighted by Gasteiger charge is -2.13. The van der Waals surface area contributed by atoms with E-state index in [0.717, 1.165) is 17.9 Å². The van der Waals surface area contributed by atoms with E-state index in [2.05, 4.69) is 12.2 Å². The van der Waals surface area contributed by atoms with E-state index >= 15 is 0 Å². The Balaban J connectivity index is 0.00000289. The zero-order valence-corrected chi connectivity index (χ0v) is 12.4. The number of thioether (sulfide) groups is 1. The maximum atomic E-state index is 11.9. The van der Waals surface area contributed by atoms with Crippen molar-refractivity contribution in [3.63, 3.8) is 0 Å². The van der Waals surface area contributed by atoms with Gasteiger partial charge in [-0.2, -0.15) is 11.8 Å². The van der Waals surface area contributed by atoms with Crippen LogP contribution in [0, 0.1) is 0 Å². The van der Waals surface area contributed by atoms with Crippen molar-refractivity contribution in [2.75, 3.05) is 17.2 Å². The molecule has 0 spiro atoms. The first-order valence-corrected chi connectivity index (χ1v) is 7.03. The second-order valence-corrected chi connectivity index (χ2v) is 5.38. The topological polar surface area (TPSA) is 55.1 Å². The highest BCUT2D eigenvalue weighted by molar-refractivity contribution is 7.99. The summed E-state index contributed by atoms with van der Waals surface area (Å²) >= 11 is 1.89. The van der Waals surface area contributed by atoms with E-state index in [1.807, 2.05) is 18.7 Å². The van der Waals surface area contributed by atoms with Crippen LogP contribution in [0.4, 0.5) is 5.69 Å². The molecule has 0 radical (unpaired) electrons. The van der Waals surface area contributed by atoms with E-state index in [9.17, 15) is 4.79 Å². The quantitative estimate of drug-likeness (QED) is 0.625. The minimum Gasteiger partial charge on any atom is -0.399 e. The fourth-order valence-electron chi connectivity index (χ4n) is 1.46. The molecule has 1 atom stereocenters. The number of benzene rings is 1. The van der Waals surface area contributed by atoms with Crippen LogP contribution >= 0.6 is 24.2 Å². The molecule has 5 heteroatoms. The molecule has 1 amide bonds. The van der Waals surface area contributed by atoms with Gasteiger partial charge in [-0.15, -0.1) is 12.4 Å². The van der Waals surface area contributed by atoms with Crippen LogP contribution in [-0.2, 0) is 0 Å². The van der Waals surface area contributed by atoms with Gasteiger partial charge < -0.3 is 11.1 Å². The van der Waals surface area contributed by atoms with Gasteiger partial charge in [0.1, 0.15) is 0 Å². The summed E-state index contributed by atoms with van der Waals surface area (Å²) in [5.74, 6) is 2.15. The van der Waals surface area contributed by atoms with Crippen molar-refractivity contribution in [1.82, 2.24) is 5.32 Å². The molecular formula is C13H21ClN2OS. The number of halogens is 1. The molecule has 1 aromatic rings. The summed E-state index contributed by atoms with van der Waals surface area (Å²) in [6.45, 7) is 4.17. The minimum absolute atomic E-state index is 0. The van der Waals surface area contributed by atoms with Gasteiger partial charge in [0, 0.05) is 17.3 Å². The molecule has 0 aliphatic rings. The number of nitrogens with two attached hydrogens (primary N) is 1. The molecular weight excluding hydrogens is 268 g/mol. The lowest BCUT2D eigenvalue weighted by Crippen LogP contribution is -2.32. The Labute approximate surface area is 119 Å². The van der Waals surface area contributed by atoms with E-state index in [4.69, 9.17) is 5.73 Å². The Morgan fingerprint density at radius 3 is 2.83 bits per heavy atom. The first kappa shape index (κ1) is 17.1. The molecule has 0 fully saturated rings. The number of nitrogen functional groups attached to an aromatic ring is 1. The summed E-state index contributed by atoms with van der Waals surface area (Å²) in [6, 6.07) is 7.24. The molecule has 3 N–H and O–H groups in total. The number of nitrogens with one attached hydrogen (secondary N) is 1. The van der Waals surface area contributed by atoms with Crippen LogP contribution in [0.5, 0.6) is 0 Å². The third kappa shape index (κ3) is 6.17. The second-order valence-electron chi connectivity index (χ2n) is 3.99. The standard InChI is InChI=1S/C13H20N2OS.ClH/c1-3-17-8-7-10(2)15-13(16)11-5-4-6-12(14)9-11;/h4-6,9-10H,3,7-8,14H2,1-2H3,(H,15,16);1H.